The first-order chi connectivity index (χ1) is 23.4. The molecule has 0 aromatic heterocycles. The molecule has 0 aliphatic carbocycles. The number of phenolic OH excluding ortho intramolecular Hbond substituents is 6. The van der Waals surface area contributed by atoms with Gasteiger partial charge < -0.3 is 30.6 Å². The average molecular weight is 653 g/mol. The highest BCUT2D eigenvalue weighted by Gasteiger charge is 2.28. The number of hydrogen-bond acceptors (Lipinski definition) is 6. The quantitative estimate of drug-likeness (QED) is 0.0882. The van der Waals surface area contributed by atoms with Crippen molar-refractivity contribution in [2.45, 2.75) is 44.9 Å². The van der Waals surface area contributed by atoms with E-state index >= 15 is 0 Å². The van der Waals surface area contributed by atoms with E-state index in [4.69, 9.17) is 0 Å². The highest BCUT2D eigenvalue weighted by molar-refractivity contribution is 5.55. The zero-order chi connectivity index (χ0) is 34.7. The molecule has 6 nitrogen and oxygen atoms in total. The summed E-state index contributed by atoms with van der Waals surface area (Å²) < 4.78 is 0. The molecule has 6 aromatic rings. The van der Waals surface area contributed by atoms with Crippen molar-refractivity contribution in [1.82, 2.24) is 0 Å². The van der Waals surface area contributed by atoms with Crippen LogP contribution in [0.5, 0.6) is 34.5 Å². The minimum Gasteiger partial charge on any atom is -0.508 e. The van der Waals surface area contributed by atoms with Gasteiger partial charge in [0, 0.05) is 31.1 Å². The summed E-state index contributed by atoms with van der Waals surface area (Å²) in [5.74, 6) is 1.10. The molecule has 0 amide bonds. The van der Waals surface area contributed by atoms with Crippen molar-refractivity contribution in [3.63, 3.8) is 0 Å². The summed E-state index contributed by atoms with van der Waals surface area (Å²) in [7, 11) is 0. The Kier molecular flexibility index (Phi) is 9.23. The number of benzene rings is 6. The van der Waals surface area contributed by atoms with E-state index in [1.54, 1.807) is 48.5 Å². The van der Waals surface area contributed by atoms with Gasteiger partial charge in [-0.3, -0.25) is 0 Å². The van der Waals surface area contributed by atoms with Crippen molar-refractivity contribution in [3.05, 3.63) is 177 Å². The van der Waals surface area contributed by atoms with Gasteiger partial charge in [-0.25, -0.2) is 0 Å². The van der Waals surface area contributed by atoms with Crippen LogP contribution >= 0.6 is 0 Å². The first kappa shape index (κ1) is 33.0. The van der Waals surface area contributed by atoms with Gasteiger partial charge in [-0.2, -0.15) is 0 Å². The van der Waals surface area contributed by atoms with Crippen LogP contribution in [0, 0.1) is 0 Å². The number of hydrogen-bond donors (Lipinski definition) is 6. The standard InChI is InChI=1S/C43H40O6/c1-43(2,35-23-31(19-27-3-11-37(44)12-4-27)41(48)32(24-35)20-28-5-13-38(45)14-6-28)36-25-33(21-29-7-15-39(46)16-8-29)42(49)34(26-36)22-30-9-17-40(47)18-10-30/h3-18,23-26,44-49H,19-22H2,1-2H3. The Bertz CT molecular complexity index is 1770. The summed E-state index contributed by atoms with van der Waals surface area (Å²) in [4.78, 5) is 0. The number of rotatable bonds is 10. The van der Waals surface area contributed by atoms with Gasteiger partial charge in [0.25, 0.3) is 0 Å². The molecule has 0 unspecified atom stereocenters. The van der Waals surface area contributed by atoms with E-state index in [0.29, 0.717) is 25.7 Å². The number of aromatic hydroxyl groups is 6. The third-order valence-electron chi connectivity index (χ3n) is 9.30. The second kappa shape index (κ2) is 13.7. The zero-order valence-corrected chi connectivity index (χ0v) is 27.6. The van der Waals surface area contributed by atoms with Gasteiger partial charge in [-0.1, -0.05) is 86.6 Å². The SMILES string of the molecule is CC(C)(c1cc(Cc2ccc(O)cc2)c(O)c(Cc2ccc(O)cc2)c1)c1cc(Cc2ccc(O)cc2)c(O)c(Cc2ccc(O)cc2)c1. The van der Waals surface area contributed by atoms with E-state index in [2.05, 4.69) is 13.8 Å². The highest BCUT2D eigenvalue weighted by Crippen LogP contribution is 2.41. The topological polar surface area (TPSA) is 121 Å². The van der Waals surface area contributed by atoms with Crippen LogP contribution in [0.2, 0.25) is 0 Å². The van der Waals surface area contributed by atoms with Crippen molar-refractivity contribution >= 4 is 0 Å². The van der Waals surface area contributed by atoms with Gasteiger partial charge in [0.2, 0.25) is 0 Å². The minimum absolute atomic E-state index is 0.175. The van der Waals surface area contributed by atoms with E-state index in [-0.39, 0.29) is 34.5 Å². The van der Waals surface area contributed by atoms with E-state index in [1.807, 2.05) is 72.8 Å². The normalized spacial score (nSPS) is 11.5. The minimum atomic E-state index is -0.581. The van der Waals surface area contributed by atoms with E-state index in [0.717, 1.165) is 55.6 Å². The summed E-state index contributed by atoms with van der Waals surface area (Å²) in [5.41, 5.74) is 8.12. The van der Waals surface area contributed by atoms with Gasteiger partial charge in [-0.05, 0) is 104 Å². The Morgan fingerprint density at radius 1 is 0.347 bits per heavy atom. The van der Waals surface area contributed by atoms with Crippen LogP contribution in [0.25, 0.3) is 0 Å². The maximum atomic E-state index is 11.6. The second-order valence-corrected chi connectivity index (χ2v) is 13.3. The lowest BCUT2D eigenvalue weighted by molar-refractivity contribution is 0.461. The molecular weight excluding hydrogens is 612 g/mol. The lowest BCUT2D eigenvalue weighted by Gasteiger charge is -2.30. The van der Waals surface area contributed by atoms with Crippen molar-refractivity contribution in [3.8, 4) is 34.5 Å². The molecule has 6 heteroatoms. The smallest absolute Gasteiger partial charge is 0.122 e. The summed E-state index contributed by atoms with van der Waals surface area (Å²) in [5, 5.41) is 62.6. The van der Waals surface area contributed by atoms with Crippen LogP contribution in [0.15, 0.2) is 121 Å². The molecule has 0 aliphatic heterocycles. The van der Waals surface area contributed by atoms with E-state index in [1.165, 1.54) is 0 Å². The Morgan fingerprint density at radius 3 is 0.755 bits per heavy atom. The lowest BCUT2D eigenvalue weighted by Crippen LogP contribution is -2.21. The van der Waals surface area contributed by atoms with Gasteiger partial charge in [0.1, 0.15) is 34.5 Å². The van der Waals surface area contributed by atoms with Crippen LogP contribution in [0.1, 0.15) is 69.5 Å². The molecule has 0 fully saturated rings. The van der Waals surface area contributed by atoms with Crippen LogP contribution in [0.3, 0.4) is 0 Å². The first-order valence-electron chi connectivity index (χ1n) is 16.3. The molecule has 6 rings (SSSR count). The van der Waals surface area contributed by atoms with Gasteiger partial charge in [0.15, 0.2) is 0 Å². The molecule has 6 N–H and O–H groups in total. The van der Waals surface area contributed by atoms with Crippen LogP contribution in [0.4, 0.5) is 0 Å². The van der Waals surface area contributed by atoms with Gasteiger partial charge >= 0.3 is 0 Å². The zero-order valence-electron chi connectivity index (χ0n) is 27.6. The van der Waals surface area contributed by atoms with Crippen molar-refractivity contribution in [2.75, 3.05) is 0 Å². The molecule has 248 valence electrons. The van der Waals surface area contributed by atoms with Crippen molar-refractivity contribution in [2.24, 2.45) is 0 Å². The fraction of sp³-hybridized carbons (Fsp3) is 0.163. The summed E-state index contributed by atoms with van der Waals surface area (Å²) in [6.45, 7) is 4.27. The third kappa shape index (κ3) is 7.65. The predicted octanol–water partition coefficient (Wildman–Crippen LogP) is 8.61. The molecule has 0 atom stereocenters. The summed E-state index contributed by atoms with van der Waals surface area (Å²) >= 11 is 0. The van der Waals surface area contributed by atoms with Crippen molar-refractivity contribution < 1.29 is 30.6 Å². The largest absolute Gasteiger partial charge is 0.508 e. The molecule has 0 bridgehead atoms. The maximum absolute atomic E-state index is 11.6. The fourth-order valence-corrected chi connectivity index (χ4v) is 6.28. The lowest BCUT2D eigenvalue weighted by atomic mass is 9.74. The molecule has 0 saturated heterocycles. The third-order valence-corrected chi connectivity index (χ3v) is 9.30. The fourth-order valence-electron chi connectivity index (χ4n) is 6.28. The summed E-state index contributed by atoms with van der Waals surface area (Å²) in [6.07, 6.45) is 1.80. The van der Waals surface area contributed by atoms with Crippen LogP contribution in [-0.2, 0) is 31.1 Å². The summed E-state index contributed by atoms with van der Waals surface area (Å²) in [6, 6.07) is 36.0. The average Bonchev–Trinajstić information content (AvgIpc) is 3.08. The molecular formula is C43H40O6. The maximum Gasteiger partial charge on any atom is 0.122 e. The Morgan fingerprint density at radius 2 is 0.551 bits per heavy atom. The number of phenols is 6. The molecule has 0 radical (unpaired) electrons. The highest BCUT2D eigenvalue weighted by atomic mass is 16.3. The monoisotopic (exact) mass is 652 g/mol. The first-order valence-corrected chi connectivity index (χ1v) is 16.3. The van der Waals surface area contributed by atoms with Crippen molar-refractivity contribution in [1.29, 1.82) is 0 Å². The molecule has 0 aliphatic rings. The van der Waals surface area contributed by atoms with E-state index < -0.39 is 5.41 Å². The van der Waals surface area contributed by atoms with Gasteiger partial charge in [0.05, 0.1) is 0 Å². The Balaban J connectivity index is 1.47. The molecule has 49 heavy (non-hydrogen) atoms. The second-order valence-electron chi connectivity index (χ2n) is 13.3. The molecule has 0 spiro atoms. The van der Waals surface area contributed by atoms with Gasteiger partial charge in [-0.15, -0.1) is 0 Å². The molecule has 0 heterocycles. The Hall–Kier alpha value is -5.88. The van der Waals surface area contributed by atoms with Crippen LogP contribution < -0.4 is 0 Å². The molecule has 6 aromatic carbocycles. The van der Waals surface area contributed by atoms with Crippen LogP contribution in [-0.4, -0.2) is 30.6 Å². The predicted molar refractivity (Wildman–Crippen MR) is 192 cm³/mol. The Labute approximate surface area is 286 Å². The molecule has 0 saturated carbocycles. The van der Waals surface area contributed by atoms with E-state index in [9.17, 15) is 30.6 Å².